The van der Waals surface area contributed by atoms with Crippen molar-refractivity contribution < 1.29 is 9.53 Å². The van der Waals surface area contributed by atoms with Crippen LogP contribution in [0.5, 0.6) is 0 Å². The minimum Gasteiger partial charge on any atom is -0.445 e. The van der Waals surface area contributed by atoms with E-state index in [1.807, 2.05) is 30.3 Å². The van der Waals surface area contributed by atoms with Gasteiger partial charge in [0.2, 0.25) is 0 Å². The number of hydrogen-bond donors (Lipinski definition) is 3. The second-order valence-electron chi connectivity index (χ2n) is 4.27. The lowest BCUT2D eigenvalue weighted by Gasteiger charge is -2.41. The molecule has 0 bridgehead atoms. The molecule has 1 aliphatic heterocycles. The first-order valence-electron chi connectivity index (χ1n) is 5.64. The molecule has 0 spiro atoms. The lowest BCUT2D eigenvalue weighted by atomic mass is 9.93. The molecule has 0 unspecified atom stereocenters. The number of hydrogen-bond acceptors (Lipinski definition) is 4. The van der Waals surface area contributed by atoms with Gasteiger partial charge >= 0.3 is 6.09 Å². The molecule has 1 fully saturated rings. The normalized spacial score (nSPS) is 17.0. The smallest absolute Gasteiger partial charge is 0.408 e. The second kappa shape index (κ2) is 5.16. The molecule has 0 aromatic heterocycles. The molecular formula is C12H17N3O2. The fourth-order valence-electron chi connectivity index (χ4n) is 1.69. The van der Waals surface area contributed by atoms with Crippen molar-refractivity contribution in [2.75, 3.05) is 19.6 Å². The summed E-state index contributed by atoms with van der Waals surface area (Å²) in [6.07, 6.45) is -0.416. The van der Waals surface area contributed by atoms with Crippen molar-refractivity contribution in [3.8, 4) is 0 Å². The molecule has 1 aromatic carbocycles. The van der Waals surface area contributed by atoms with Crippen LogP contribution in [0.2, 0.25) is 0 Å². The van der Waals surface area contributed by atoms with Gasteiger partial charge in [-0.05, 0) is 5.56 Å². The van der Waals surface area contributed by atoms with Crippen molar-refractivity contribution in [3.63, 3.8) is 0 Å². The van der Waals surface area contributed by atoms with Crippen LogP contribution in [0.15, 0.2) is 30.3 Å². The van der Waals surface area contributed by atoms with Crippen LogP contribution in [0.4, 0.5) is 4.79 Å². The molecule has 1 aromatic rings. The van der Waals surface area contributed by atoms with E-state index in [1.54, 1.807) is 0 Å². The highest BCUT2D eigenvalue weighted by Crippen LogP contribution is 2.09. The average Bonchev–Trinajstić information content (AvgIpc) is 2.33. The van der Waals surface area contributed by atoms with Gasteiger partial charge in [-0.25, -0.2) is 4.79 Å². The van der Waals surface area contributed by atoms with Gasteiger partial charge in [0.15, 0.2) is 0 Å². The summed E-state index contributed by atoms with van der Waals surface area (Å²) in [5.41, 5.74) is 6.26. The third-order valence-corrected chi connectivity index (χ3v) is 2.90. The van der Waals surface area contributed by atoms with E-state index >= 15 is 0 Å². The van der Waals surface area contributed by atoms with Crippen LogP contribution in [-0.4, -0.2) is 31.3 Å². The van der Waals surface area contributed by atoms with E-state index in [9.17, 15) is 4.79 Å². The summed E-state index contributed by atoms with van der Waals surface area (Å²) in [6.45, 7) is 2.09. The van der Waals surface area contributed by atoms with E-state index in [0.717, 1.165) is 5.56 Å². The largest absolute Gasteiger partial charge is 0.445 e. The Kier molecular flexibility index (Phi) is 3.61. The summed E-state index contributed by atoms with van der Waals surface area (Å²) in [5.74, 6) is 0. The van der Waals surface area contributed by atoms with Crippen molar-refractivity contribution in [1.29, 1.82) is 0 Å². The number of nitrogens with two attached hydrogens (primary N) is 1. The number of nitrogens with one attached hydrogen (secondary N) is 2. The molecule has 0 saturated carbocycles. The molecule has 1 aliphatic rings. The molecule has 1 amide bonds. The van der Waals surface area contributed by atoms with Gasteiger partial charge in [-0.3, -0.25) is 0 Å². The van der Waals surface area contributed by atoms with Crippen LogP contribution in [0, 0.1) is 0 Å². The van der Waals surface area contributed by atoms with E-state index in [4.69, 9.17) is 10.5 Å². The topological polar surface area (TPSA) is 76.4 Å². The monoisotopic (exact) mass is 235 g/mol. The van der Waals surface area contributed by atoms with Crippen LogP contribution in [-0.2, 0) is 11.3 Å². The Morgan fingerprint density at radius 3 is 2.65 bits per heavy atom. The molecule has 4 N–H and O–H groups in total. The maximum Gasteiger partial charge on any atom is 0.408 e. The predicted molar refractivity (Wildman–Crippen MR) is 64.4 cm³/mol. The number of carbonyl (C=O) groups excluding carboxylic acids is 1. The Balaban J connectivity index is 1.78. The summed E-state index contributed by atoms with van der Waals surface area (Å²) in [6, 6.07) is 9.57. The number of benzene rings is 1. The van der Waals surface area contributed by atoms with Gasteiger partial charge in [0.25, 0.3) is 0 Å². The van der Waals surface area contributed by atoms with Gasteiger partial charge < -0.3 is 21.1 Å². The van der Waals surface area contributed by atoms with E-state index in [0.29, 0.717) is 19.6 Å². The summed E-state index contributed by atoms with van der Waals surface area (Å²) >= 11 is 0. The minimum absolute atomic E-state index is 0.279. The van der Waals surface area contributed by atoms with Gasteiger partial charge in [0, 0.05) is 19.6 Å². The standard InChI is InChI=1S/C12H17N3O2/c13-7-12(8-14-9-12)15-11(16)17-6-10-4-2-1-3-5-10/h1-5,14H,6-9,13H2,(H,15,16). The first-order valence-corrected chi connectivity index (χ1v) is 5.64. The zero-order valence-corrected chi connectivity index (χ0v) is 9.61. The molecule has 5 heteroatoms. The van der Waals surface area contributed by atoms with Crippen LogP contribution in [0.1, 0.15) is 5.56 Å². The average molecular weight is 235 g/mol. The SMILES string of the molecule is NCC1(NC(=O)OCc2ccccc2)CNC1. The van der Waals surface area contributed by atoms with Gasteiger partial charge in [0.05, 0.1) is 5.54 Å². The summed E-state index contributed by atoms with van der Waals surface area (Å²) in [5, 5.41) is 5.88. The quantitative estimate of drug-likeness (QED) is 0.697. The highest BCUT2D eigenvalue weighted by molar-refractivity contribution is 5.68. The third-order valence-electron chi connectivity index (χ3n) is 2.90. The maximum absolute atomic E-state index is 11.6. The van der Waals surface area contributed by atoms with E-state index in [2.05, 4.69) is 10.6 Å². The molecular weight excluding hydrogens is 218 g/mol. The van der Waals surface area contributed by atoms with Crippen molar-refractivity contribution in [2.45, 2.75) is 12.1 Å². The van der Waals surface area contributed by atoms with Crippen LogP contribution in [0.25, 0.3) is 0 Å². The number of alkyl carbamates (subject to hydrolysis) is 1. The number of amides is 1. The fourth-order valence-corrected chi connectivity index (χ4v) is 1.69. The van der Waals surface area contributed by atoms with Crippen molar-refractivity contribution >= 4 is 6.09 Å². The van der Waals surface area contributed by atoms with E-state index < -0.39 is 6.09 Å². The molecule has 92 valence electrons. The maximum atomic E-state index is 11.6. The molecule has 2 rings (SSSR count). The Hall–Kier alpha value is -1.59. The summed E-state index contributed by atoms with van der Waals surface area (Å²) in [7, 11) is 0. The highest BCUT2D eigenvalue weighted by Gasteiger charge is 2.37. The Morgan fingerprint density at radius 1 is 1.41 bits per heavy atom. The van der Waals surface area contributed by atoms with Gasteiger partial charge in [0.1, 0.15) is 6.61 Å². The first-order chi connectivity index (χ1) is 8.24. The zero-order valence-electron chi connectivity index (χ0n) is 9.61. The Labute approximate surface area is 100 Å². The minimum atomic E-state index is -0.416. The van der Waals surface area contributed by atoms with Crippen LogP contribution in [0.3, 0.4) is 0 Å². The lowest BCUT2D eigenvalue weighted by Crippen LogP contribution is -2.72. The zero-order chi connectivity index (χ0) is 12.1. The van der Waals surface area contributed by atoms with Crippen LogP contribution < -0.4 is 16.4 Å². The van der Waals surface area contributed by atoms with Crippen molar-refractivity contribution in [1.82, 2.24) is 10.6 Å². The molecule has 0 atom stereocenters. The summed E-state index contributed by atoms with van der Waals surface area (Å²) < 4.78 is 5.13. The molecule has 0 aliphatic carbocycles. The number of ether oxygens (including phenoxy) is 1. The molecule has 17 heavy (non-hydrogen) atoms. The molecule has 0 radical (unpaired) electrons. The number of rotatable bonds is 4. The number of carbonyl (C=O) groups is 1. The Bertz CT molecular complexity index is 371. The van der Waals surface area contributed by atoms with Gasteiger partial charge in [-0.2, -0.15) is 0 Å². The van der Waals surface area contributed by atoms with E-state index in [-0.39, 0.29) is 12.1 Å². The molecule has 1 saturated heterocycles. The Morgan fingerprint density at radius 2 is 2.12 bits per heavy atom. The fraction of sp³-hybridized carbons (Fsp3) is 0.417. The van der Waals surface area contributed by atoms with Gasteiger partial charge in [-0.1, -0.05) is 30.3 Å². The van der Waals surface area contributed by atoms with Crippen molar-refractivity contribution in [3.05, 3.63) is 35.9 Å². The first kappa shape index (κ1) is 11.9. The van der Waals surface area contributed by atoms with Crippen molar-refractivity contribution in [2.24, 2.45) is 5.73 Å². The molecule has 5 nitrogen and oxygen atoms in total. The van der Waals surface area contributed by atoms with Crippen LogP contribution >= 0.6 is 0 Å². The lowest BCUT2D eigenvalue weighted by molar-refractivity contribution is 0.116. The highest BCUT2D eigenvalue weighted by atomic mass is 16.5. The summed E-state index contributed by atoms with van der Waals surface area (Å²) in [4.78, 5) is 11.6. The predicted octanol–water partition coefficient (Wildman–Crippen LogP) is 0.213. The third kappa shape index (κ3) is 2.95. The second-order valence-corrected chi connectivity index (χ2v) is 4.27. The molecule has 1 heterocycles. The van der Waals surface area contributed by atoms with Gasteiger partial charge in [-0.15, -0.1) is 0 Å². The van der Waals surface area contributed by atoms with E-state index in [1.165, 1.54) is 0 Å².